The van der Waals surface area contributed by atoms with E-state index in [9.17, 15) is 5.11 Å². The molecule has 0 bridgehead atoms. The lowest BCUT2D eigenvalue weighted by Gasteiger charge is -2.32. The molecule has 3 atom stereocenters. The predicted octanol–water partition coefficient (Wildman–Crippen LogP) is 3.44. The molecule has 88 valence electrons. The maximum atomic E-state index is 9.63. The SMILES string of the molecule is CC(C)C(C)(CO)C1CC1c1ccccc1. The fourth-order valence-corrected chi connectivity index (χ4v) is 2.72. The van der Waals surface area contributed by atoms with Gasteiger partial charge in [-0.3, -0.25) is 0 Å². The first kappa shape index (κ1) is 11.7. The highest BCUT2D eigenvalue weighted by Gasteiger charge is 2.51. The van der Waals surface area contributed by atoms with Crippen molar-refractivity contribution in [3.63, 3.8) is 0 Å². The van der Waals surface area contributed by atoms with E-state index < -0.39 is 0 Å². The molecule has 0 aromatic heterocycles. The van der Waals surface area contributed by atoms with Crippen LogP contribution in [0.3, 0.4) is 0 Å². The first-order valence-corrected chi connectivity index (χ1v) is 6.25. The quantitative estimate of drug-likeness (QED) is 0.820. The first-order valence-electron chi connectivity index (χ1n) is 6.25. The summed E-state index contributed by atoms with van der Waals surface area (Å²) >= 11 is 0. The second-order valence-electron chi connectivity index (χ2n) is 5.68. The van der Waals surface area contributed by atoms with Crippen LogP contribution in [0.15, 0.2) is 30.3 Å². The molecule has 0 amide bonds. The molecule has 0 spiro atoms. The van der Waals surface area contributed by atoms with Crippen molar-refractivity contribution < 1.29 is 5.11 Å². The molecule has 1 aromatic carbocycles. The maximum absolute atomic E-state index is 9.63. The van der Waals surface area contributed by atoms with E-state index in [1.54, 1.807) is 0 Å². The van der Waals surface area contributed by atoms with Gasteiger partial charge in [0.15, 0.2) is 0 Å². The topological polar surface area (TPSA) is 20.2 Å². The van der Waals surface area contributed by atoms with Crippen molar-refractivity contribution >= 4 is 0 Å². The van der Waals surface area contributed by atoms with Crippen LogP contribution in [0.5, 0.6) is 0 Å². The Kier molecular flexibility index (Phi) is 3.07. The van der Waals surface area contributed by atoms with Gasteiger partial charge >= 0.3 is 0 Å². The number of hydrogen-bond acceptors (Lipinski definition) is 1. The average molecular weight is 218 g/mol. The van der Waals surface area contributed by atoms with Gasteiger partial charge in [-0.25, -0.2) is 0 Å². The van der Waals surface area contributed by atoms with Crippen molar-refractivity contribution in [3.8, 4) is 0 Å². The van der Waals surface area contributed by atoms with E-state index in [1.807, 2.05) is 0 Å². The molecule has 1 nitrogen and oxygen atoms in total. The zero-order valence-electron chi connectivity index (χ0n) is 10.5. The molecule has 2 rings (SSSR count). The number of benzene rings is 1. The van der Waals surface area contributed by atoms with E-state index in [4.69, 9.17) is 0 Å². The van der Waals surface area contributed by atoms with Gasteiger partial charge in [0, 0.05) is 6.61 Å². The molecule has 0 radical (unpaired) electrons. The third kappa shape index (κ3) is 1.89. The fourth-order valence-electron chi connectivity index (χ4n) is 2.72. The van der Waals surface area contributed by atoms with Gasteiger partial charge in [-0.1, -0.05) is 51.1 Å². The van der Waals surface area contributed by atoms with Crippen LogP contribution >= 0.6 is 0 Å². The monoisotopic (exact) mass is 218 g/mol. The predicted molar refractivity (Wildman–Crippen MR) is 67.3 cm³/mol. The Morgan fingerprint density at radius 1 is 1.31 bits per heavy atom. The lowest BCUT2D eigenvalue weighted by Crippen LogP contribution is -2.30. The average Bonchev–Trinajstić information content (AvgIpc) is 3.09. The van der Waals surface area contributed by atoms with Crippen molar-refractivity contribution in [2.24, 2.45) is 17.3 Å². The molecule has 1 saturated carbocycles. The highest BCUT2D eigenvalue weighted by Crippen LogP contribution is 2.59. The Bertz CT molecular complexity index is 344. The van der Waals surface area contributed by atoms with Gasteiger partial charge in [0.1, 0.15) is 0 Å². The van der Waals surface area contributed by atoms with E-state index in [0.717, 1.165) is 0 Å². The smallest absolute Gasteiger partial charge is 0.0490 e. The molecular weight excluding hydrogens is 196 g/mol. The van der Waals surface area contributed by atoms with Crippen molar-refractivity contribution in [1.82, 2.24) is 0 Å². The highest BCUT2D eigenvalue weighted by molar-refractivity contribution is 5.27. The lowest BCUT2D eigenvalue weighted by atomic mass is 9.74. The summed E-state index contributed by atoms with van der Waals surface area (Å²) in [4.78, 5) is 0. The van der Waals surface area contributed by atoms with Gasteiger partial charge in [-0.2, -0.15) is 0 Å². The van der Waals surface area contributed by atoms with Crippen LogP contribution in [0.4, 0.5) is 0 Å². The van der Waals surface area contributed by atoms with Crippen LogP contribution < -0.4 is 0 Å². The van der Waals surface area contributed by atoms with Crippen molar-refractivity contribution in [3.05, 3.63) is 35.9 Å². The maximum Gasteiger partial charge on any atom is 0.0490 e. The van der Waals surface area contributed by atoms with Gasteiger partial charge in [-0.15, -0.1) is 0 Å². The lowest BCUT2D eigenvalue weighted by molar-refractivity contribution is 0.0700. The summed E-state index contributed by atoms with van der Waals surface area (Å²) < 4.78 is 0. The minimum Gasteiger partial charge on any atom is -0.396 e. The first-order chi connectivity index (χ1) is 7.59. The standard InChI is InChI=1S/C15H22O/c1-11(2)15(3,10-16)14-9-13(14)12-7-5-4-6-8-12/h4-8,11,13-14,16H,9-10H2,1-3H3. The molecule has 1 aliphatic rings. The minimum atomic E-state index is 0.0838. The molecule has 1 fully saturated rings. The summed E-state index contributed by atoms with van der Waals surface area (Å²) in [7, 11) is 0. The Balaban J connectivity index is 2.11. The summed E-state index contributed by atoms with van der Waals surface area (Å²) in [6.45, 7) is 6.97. The Labute approximate surface area is 98.5 Å². The van der Waals surface area contributed by atoms with Crippen LogP contribution in [0, 0.1) is 17.3 Å². The fraction of sp³-hybridized carbons (Fsp3) is 0.600. The van der Waals surface area contributed by atoms with Crippen LogP contribution in [0.2, 0.25) is 0 Å². The van der Waals surface area contributed by atoms with Gasteiger partial charge in [0.05, 0.1) is 0 Å². The van der Waals surface area contributed by atoms with Gasteiger partial charge in [0.25, 0.3) is 0 Å². The van der Waals surface area contributed by atoms with E-state index in [2.05, 4.69) is 51.1 Å². The Morgan fingerprint density at radius 3 is 2.44 bits per heavy atom. The van der Waals surface area contributed by atoms with Gasteiger partial charge in [0.2, 0.25) is 0 Å². The number of aliphatic hydroxyl groups excluding tert-OH is 1. The molecule has 16 heavy (non-hydrogen) atoms. The van der Waals surface area contributed by atoms with Crippen molar-refractivity contribution in [1.29, 1.82) is 0 Å². The molecule has 1 N–H and O–H groups in total. The van der Waals surface area contributed by atoms with Crippen molar-refractivity contribution in [2.75, 3.05) is 6.61 Å². The minimum absolute atomic E-state index is 0.0838. The van der Waals surface area contributed by atoms with Gasteiger partial charge < -0.3 is 5.11 Å². The molecule has 1 aromatic rings. The third-order valence-electron chi connectivity index (χ3n) is 4.52. The normalized spacial score (nSPS) is 27.8. The van der Waals surface area contributed by atoms with E-state index in [-0.39, 0.29) is 5.41 Å². The molecule has 0 saturated heterocycles. The van der Waals surface area contributed by atoms with Crippen molar-refractivity contribution in [2.45, 2.75) is 33.1 Å². The summed E-state index contributed by atoms with van der Waals surface area (Å²) in [5, 5.41) is 9.63. The van der Waals surface area contributed by atoms with Crippen LogP contribution in [-0.2, 0) is 0 Å². The molecule has 3 unspecified atom stereocenters. The molecular formula is C15H22O. The zero-order chi connectivity index (χ0) is 11.8. The summed E-state index contributed by atoms with van der Waals surface area (Å²) in [6.07, 6.45) is 1.24. The molecule has 1 heteroatoms. The molecule has 1 aliphatic carbocycles. The summed E-state index contributed by atoms with van der Waals surface area (Å²) in [5.41, 5.74) is 1.52. The Morgan fingerprint density at radius 2 is 1.94 bits per heavy atom. The number of aliphatic hydroxyl groups is 1. The Hall–Kier alpha value is -0.820. The summed E-state index contributed by atoms with van der Waals surface area (Å²) in [6, 6.07) is 10.7. The van der Waals surface area contributed by atoms with Crippen LogP contribution in [0.25, 0.3) is 0 Å². The number of rotatable bonds is 4. The van der Waals surface area contributed by atoms with E-state index in [1.165, 1.54) is 12.0 Å². The molecule has 0 aliphatic heterocycles. The summed E-state index contributed by atoms with van der Waals surface area (Å²) in [5.74, 6) is 1.86. The van der Waals surface area contributed by atoms with Crippen LogP contribution in [0.1, 0.15) is 38.7 Å². The van der Waals surface area contributed by atoms with E-state index in [0.29, 0.717) is 24.4 Å². The number of hydrogen-bond donors (Lipinski definition) is 1. The van der Waals surface area contributed by atoms with Crippen LogP contribution in [-0.4, -0.2) is 11.7 Å². The van der Waals surface area contributed by atoms with Gasteiger partial charge in [-0.05, 0) is 35.2 Å². The largest absolute Gasteiger partial charge is 0.396 e. The highest BCUT2D eigenvalue weighted by atomic mass is 16.3. The third-order valence-corrected chi connectivity index (χ3v) is 4.52. The molecule has 0 heterocycles. The van der Waals surface area contributed by atoms with E-state index >= 15 is 0 Å². The second kappa shape index (κ2) is 4.21. The second-order valence-corrected chi connectivity index (χ2v) is 5.68. The zero-order valence-corrected chi connectivity index (χ0v) is 10.5.